The molecule has 0 bridgehead atoms. The number of aromatic nitrogens is 2. The second-order valence-electron chi connectivity index (χ2n) is 4.85. The minimum Gasteiger partial charge on any atom is -0.318 e. The van der Waals surface area contributed by atoms with E-state index >= 15 is 0 Å². The molecule has 112 valence electrons. The topological polar surface area (TPSA) is 46.9 Å². The van der Waals surface area contributed by atoms with Gasteiger partial charge in [-0.2, -0.15) is 5.10 Å². The van der Waals surface area contributed by atoms with E-state index < -0.39 is 0 Å². The minimum absolute atomic E-state index is 0.116. The number of para-hydroxylation sites is 1. The number of amides is 1. The van der Waals surface area contributed by atoms with E-state index in [0.717, 1.165) is 26.5 Å². The van der Waals surface area contributed by atoms with Crippen LogP contribution < -0.4 is 5.32 Å². The first-order chi connectivity index (χ1) is 10.6. The lowest BCUT2D eigenvalue weighted by molar-refractivity contribution is 0.103. The summed E-state index contributed by atoms with van der Waals surface area (Å²) in [6, 6.07) is 13.5. The molecule has 1 amide bonds. The second-order valence-corrected chi connectivity index (χ2v) is 7.31. The molecule has 3 rings (SSSR count). The highest BCUT2D eigenvalue weighted by Gasteiger charge is 2.17. The smallest absolute Gasteiger partial charge is 0.265 e. The van der Waals surface area contributed by atoms with Crippen molar-refractivity contribution in [3.63, 3.8) is 0 Å². The van der Waals surface area contributed by atoms with Gasteiger partial charge in [-0.15, -0.1) is 11.3 Å². The van der Waals surface area contributed by atoms with E-state index in [-0.39, 0.29) is 5.91 Å². The van der Waals surface area contributed by atoms with Crippen molar-refractivity contribution in [2.75, 3.05) is 5.32 Å². The molecular weight excluding hydrogens is 362 g/mol. The molecule has 1 aromatic carbocycles. The molecule has 3 aromatic rings. The van der Waals surface area contributed by atoms with Gasteiger partial charge in [0, 0.05) is 0 Å². The summed E-state index contributed by atoms with van der Waals surface area (Å²) in [4.78, 5) is 13.0. The largest absolute Gasteiger partial charge is 0.318 e. The summed E-state index contributed by atoms with van der Waals surface area (Å²) in [5.74, 6) is -0.116. The molecule has 0 saturated heterocycles. The normalized spacial score (nSPS) is 10.7. The molecule has 0 aliphatic carbocycles. The lowest BCUT2D eigenvalue weighted by Crippen LogP contribution is -2.11. The number of anilines is 1. The van der Waals surface area contributed by atoms with Crippen LogP contribution in [0.1, 0.15) is 21.1 Å². The van der Waals surface area contributed by atoms with E-state index in [1.807, 2.05) is 54.9 Å². The quantitative estimate of drug-likeness (QED) is 0.728. The van der Waals surface area contributed by atoms with Crippen LogP contribution in [0.3, 0.4) is 0 Å². The number of thiophene rings is 1. The number of halogens is 1. The van der Waals surface area contributed by atoms with Gasteiger partial charge in [0.05, 0.1) is 31.4 Å². The standard InChI is InChI=1S/C16H14BrN3OS/c1-10-15(18-16(21)13-8-9-14(17)22-13)11(2)20(19-10)12-6-4-3-5-7-12/h3-9H,1-2H3,(H,18,21). The molecule has 4 nitrogen and oxygen atoms in total. The number of benzene rings is 1. The predicted molar refractivity (Wildman–Crippen MR) is 93.0 cm³/mol. The third kappa shape index (κ3) is 2.84. The molecule has 0 aliphatic heterocycles. The first-order valence-electron chi connectivity index (χ1n) is 6.74. The van der Waals surface area contributed by atoms with Crippen LogP contribution in [0.5, 0.6) is 0 Å². The minimum atomic E-state index is -0.116. The third-order valence-electron chi connectivity index (χ3n) is 3.33. The summed E-state index contributed by atoms with van der Waals surface area (Å²) in [5.41, 5.74) is 3.44. The molecule has 0 atom stereocenters. The average molecular weight is 376 g/mol. The molecule has 0 radical (unpaired) electrons. The summed E-state index contributed by atoms with van der Waals surface area (Å²) in [6.45, 7) is 3.85. The van der Waals surface area contributed by atoms with Gasteiger partial charge in [0.25, 0.3) is 5.91 Å². The lowest BCUT2D eigenvalue weighted by atomic mass is 10.3. The Bertz CT molecular complexity index is 823. The van der Waals surface area contributed by atoms with Crippen LogP contribution in [-0.2, 0) is 0 Å². The SMILES string of the molecule is Cc1nn(-c2ccccc2)c(C)c1NC(=O)c1ccc(Br)s1. The zero-order valence-corrected chi connectivity index (χ0v) is 14.5. The van der Waals surface area contributed by atoms with Gasteiger partial charge >= 0.3 is 0 Å². The van der Waals surface area contributed by atoms with Gasteiger partial charge in [-0.3, -0.25) is 4.79 Å². The number of carbonyl (C=O) groups excluding carboxylic acids is 1. The molecular formula is C16H14BrN3OS. The number of aryl methyl sites for hydroxylation is 1. The maximum Gasteiger partial charge on any atom is 0.265 e. The molecule has 22 heavy (non-hydrogen) atoms. The van der Waals surface area contributed by atoms with Crippen LogP contribution in [0.4, 0.5) is 5.69 Å². The van der Waals surface area contributed by atoms with Crippen molar-refractivity contribution in [2.45, 2.75) is 13.8 Å². The van der Waals surface area contributed by atoms with Gasteiger partial charge < -0.3 is 5.32 Å². The average Bonchev–Trinajstić information content (AvgIpc) is 3.07. The Labute approximate surface area is 140 Å². The fraction of sp³-hybridized carbons (Fsp3) is 0.125. The number of carbonyl (C=O) groups is 1. The van der Waals surface area contributed by atoms with E-state index in [4.69, 9.17) is 0 Å². The molecule has 2 heterocycles. The van der Waals surface area contributed by atoms with Gasteiger partial charge in [0.2, 0.25) is 0 Å². The van der Waals surface area contributed by atoms with Crippen molar-refractivity contribution in [1.82, 2.24) is 9.78 Å². The number of hydrogen-bond donors (Lipinski definition) is 1. The molecule has 0 aliphatic rings. The molecule has 0 spiro atoms. The Balaban J connectivity index is 1.92. The lowest BCUT2D eigenvalue weighted by Gasteiger charge is -2.06. The fourth-order valence-corrected chi connectivity index (χ4v) is 3.54. The van der Waals surface area contributed by atoms with E-state index in [0.29, 0.717) is 4.88 Å². The highest BCUT2D eigenvalue weighted by Crippen LogP contribution is 2.26. The first kappa shape index (κ1) is 15.0. The Morgan fingerprint density at radius 2 is 1.91 bits per heavy atom. The van der Waals surface area contributed by atoms with E-state index in [9.17, 15) is 4.79 Å². The summed E-state index contributed by atoms with van der Waals surface area (Å²) in [7, 11) is 0. The van der Waals surface area contributed by atoms with Crippen molar-refractivity contribution < 1.29 is 4.79 Å². The van der Waals surface area contributed by atoms with Gasteiger partial charge in [0.15, 0.2) is 0 Å². The molecule has 0 saturated carbocycles. The Morgan fingerprint density at radius 3 is 2.55 bits per heavy atom. The van der Waals surface area contributed by atoms with E-state index in [2.05, 4.69) is 26.3 Å². The van der Waals surface area contributed by atoms with Gasteiger partial charge in [-0.25, -0.2) is 4.68 Å². The fourth-order valence-electron chi connectivity index (χ4n) is 2.26. The van der Waals surface area contributed by atoms with E-state index in [1.54, 1.807) is 6.07 Å². The Kier molecular flexibility index (Phi) is 4.13. The maximum atomic E-state index is 12.3. The van der Waals surface area contributed by atoms with Crippen molar-refractivity contribution in [1.29, 1.82) is 0 Å². The van der Waals surface area contributed by atoms with Crippen LogP contribution >= 0.6 is 27.3 Å². The summed E-state index contributed by atoms with van der Waals surface area (Å²) in [5, 5.41) is 7.49. The molecule has 0 fully saturated rings. The van der Waals surface area contributed by atoms with Crippen molar-refractivity contribution in [3.05, 3.63) is 62.5 Å². The molecule has 2 aromatic heterocycles. The first-order valence-corrected chi connectivity index (χ1v) is 8.35. The third-order valence-corrected chi connectivity index (χ3v) is 4.95. The van der Waals surface area contributed by atoms with Crippen molar-refractivity contribution >= 4 is 38.9 Å². The summed E-state index contributed by atoms with van der Waals surface area (Å²) < 4.78 is 2.78. The maximum absolute atomic E-state index is 12.3. The van der Waals surface area contributed by atoms with Gasteiger partial charge in [-0.1, -0.05) is 18.2 Å². The Hall–Kier alpha value is -1.92. The number of rotatable bonds is 3. The number of hydrogen-bond acceptors (Lipinski definition) is 3. The zero-order chi connectivity index (χ0) is 15.7. The van der Waals surface area contributed by atoms with Gasteiger partial charge in [-0.05, 0) is 54.0 Å². The highest BCUT2D eigenvalue weighted by atomic mass is 79.9. The van der Waals surface area contributed by atoms with Crippen molar-refractivity contribution in [2.24, 2.45) is 0 Å². The van der Waals surface area contributed by atoms with Gasteiger partial charge in [0.1, 0.15) is 0 Å². The van der Waals surface area contributed by atoms with Crippen LogP contribution in [0.15, 0.2) is 46.3 Å². The van der Waals surface area contributed by atoms with Crippen LogP contribution in [0.25, 0.3) is 5.69 Å². The second kappa shape index (κ2) is 6.06. The van der Waals surface area contributed by atoms with Crippen molar-refractivity contribution in [3.8, 4) is 5.69 Å². The Morgan fingerprint density at radius 1 is 1.18 bits per heavy atom. The monoisotopic (exact) mass is 375 g/mol. The van der Waals surface area contributed by atoms with Crippen LogP contribution in [0, 0.1) is 13.8 Å². The molecule has 1 N–H and O–H groups in total. The van der Waals surface area contributed by atoms with E-state index in [1.165, 1.54) is 11.3 Å². The molecule has 0 unspecified atom stereocenters. The predicted octanol–water partition coefficient (Wildman–Crippen LogP) is 4.57. The molecule has 6 heteroatoms. The highest BCUT2D eigenvalue weighted by molar-refractivity contribution is 9.11. The zero-order valence-electron chi connectivity index (χ0n) is 12.1. The summed E-state index contributed by atoms with van der Waals surface area (Å²) in [6.07, 6.45) is 0. The summed E-state index contributed by atoms with van der Waals surface area (Å²) >= 11 is 4.78. The number of nitrogens with one attached hydrogen (secondary N) is 1. The number of nitrogens with zero attached hydrogens (tertiary/aromatic N) is 2. The van der Waals surface area contributed by atoms with Crippen LogP contribution in [0.2, 0.25) is 0 Å². The van der Waals surface area contributed by atoms with Crippen LogP contribution in [-0.4, -0.2) is 15.7 Å².